The topological polar surface area (TPSA) is 178 Å². The second-order valence-electron chi connectivity index (χ2n) is 14.0. The quantitative estimate of drug-likeness (QED) is 0.176. The van der Waals surface area contributed by atoms with Crippen molar-refractivity contribution in [1.82, 2.24) is 40.5 Å². The molecule has 5 N–H and O–H groups in total. The van der Waals surface area contributed by atoms with Gasteiger partial charge in [0.1, 0.15) is 17.2 Å². The van der Waals surface area contributed by atoms with Crippen LogP contribution in [0.25, 0.3) is 55.5 Å². The normalized spacial score (nSPS) is 20.7. The number of nitrogens with one attached hydrogen (secondary N) is 5. The van der Waals surface area contributed by atoms with E-state index in [1.807, 2.05) is 72.8 Å². The van der Waals surface area contributed by atoms with Crippen molar-refractivity contribution in [3.63, 3.8) is 0 Å². The molecule has 55 heavy (non-hydrogen) atoms. The Labute approximate surface area is 311 Å². The van der Waals surface area contributed by atoms with Crippen LogP contribution in [-0.4, -0.2) is 35.7 Å². The van der Waals surface area contributed by atoms with E-state index < -0.39 is 5.92 Å². The molecule has 12 nitrogen and oxygen atoms in total. The van der Waals surface area contributed by atoms with Gasteiger partial charge in [0.2, 0.25) is 0 Å². The molecule has 3 aliphatic carbocycles. The number of imidazole rings is 2. The third-order valence-corrected chi connectivity index (χ3v) is 11.1. The van der Waals surface area contributed by atoms with Gasteiger partial charge in [-0.15, -0.1) is 0 Å². The van der Waals surface area contributed by atoms with Gasteiger partial charge in [-0.25, -0.2) is 24.9 Å². The highest BCUT2D eigenvalue weighted by atomic mass is 16.3. The SMILES string of the molecule is [O-]C1=C(c2ccc3c4c(cccc24)NC(c2cnc[nH]2)=N3)C([O-])=C1C1C=CC2=C3C(=CC=CC31)NC(=c1ccc3nc(-c4cnc[nH]4)nc4cccc1c43)N2. The van der Waals surface area contributed by atoms with Crippen molar-refractivity contribution >= 4 is 61.2 Å². The van der Waals surface area contributed by atoms with Crippen molar-refractivity contribution in [1.29, 1.82) is 0 Å². The zero-order valence-corrected chi connectivity index (χ0v) is 28.7. The first kappa shape index (κ1) is 29.8. The van der Waals surface area contributed by atoms with E-state index >= 15 is 0 Å². The Hall–Kier alpha value is -7.73. The van der Waals surface area contributed by atoms with E-state index in [-0.39, 0.29) is 23.0 Å². The molecule has 12 rings (SSSR count). The van der Waals surface area contributed by atoms with Crippen LogP contribution in [0.5, 0.6) is 0 Å². The van der Waals surface area contributed by atoms with E-state index in [1.165, 1.54) is 0 Å². The van der Waals surface area contributed by atoms with Crippen LogP contribution in [0.15, 0.2) is 155 Å². The molecule has 0 saturated carbocycles. The molecule has 5 heterocycles. The Kier molecular flexibility index (Phi) is 5.91. The fourth-order valence-corrected chi connectivity index (χ4v) is 8.68. The molecule has 0 fully saturated rings. The maximum Gasteiger partial charge on any atom is 0.178 e. The number of H-pyrrole nitrogens is 2. The number of allylic oxidation sites excluding steroid dienone is 8. The van der Waals surface area contributed by atoms with Crippen LogP contribution in [0.2, 0.25) is 0 Å². The van der Waals surface area contributed by atoms with Gasteiger partial charge in [-0.05, 0) is 64.4 Å². The molecule has 2 atom stereocenters. The van der Waals surface area contributed by atoms with Crippen LogP contribution in [0.1, 0.15) is 11.3 Å². The van der Waals surface area contributed by atoms with Crippen molar-refractivity contribution in [2.75, 3.05) is 5.32 Å². The van der Waals surface area contributed by atoms with Crippen LogP contribution in [0, 0.1) is 11.8 Å². The van der Waals surface area contributed by atoms with Gasteiger partial charge in [-0.2, -0.15) is 0 Å². The number of benzene rings is 4. The summed E-state index contributed by atoms with van der Waals surface area (Å²) in [5.41, 5.74) is 8.82. The van der Waals surface area contributed by atoms with Gasteiger partial charge in [0.05, 0.1) is 41.8 Å². The average molecular weight is 715 g/mol. The fraction of sp³-hybridized carbons (Fsp3) is 0.0465. The smallest absolute Gasteiger partial charge is 0.178 e. The van der Waals surface area contributed by atoms with Crippen LogP contribution in [-0.2, 0) is 0 Å². The highest BCUT2D eigenvalue weighted by Crippen LogP contribution is 2.50. The van der Waals surface area contributed by atoms with Gasteiger partial charge in [-0.3, -0.25) is 0 Å². The Morgan fingerprint density at radius 1 is 0.673 bits per heavy atom. The Bertz CT molecular complexity index is 3130. The van der Waals surface area contributed by atoms with E-state index in [9.17, 15) is 10.2 Å². The molecule has 0 spiro atoms. The molecule has 262 valence electrons. The summed E-state index contributed by atoms with van der Waals surface area (Å²) in [7, 11) is 0. The molecule has 4 aromatic carbocycles. The lowest BCUT2D eigenvalue weighted by atomic mass is 9.69. The van der Waals surface area contributed by atoms with Crippen molar-refractivity contribution < 1.29 is 10.2 Å². The first-order valence-corrected chi connectivity index (χ1v) is 17.9. The van der Waals surface area contributed by atoms with Crippen LogP contribution >= 0.6 is 0 Å². The maximum absolute atomic E-state index is 14.1. The molecule has 0 radical (unpaired) electrons. The second kappa shape index (κ2) is 10.9. The molecule has 5 aliphatic rings. The summed E-state index contributed by atoms with van der Waals surface area (Å²) < 4.78 is 0. The van der Waals surface area contributed by atoms with Gasteiger partial charge in [-0.1, -0.05) is 65.7 Å². The van der Waals surface area contributed by atoms with E-state index in [4.69, 9.17) is 15.0 Å². The third-order valence-electron chi connectivity index (χ3n) is 11.1. The molecule has 3 aromatic heterocycles. The fourth-order valence-electron chi connectivity index (χ4n) is 8.68. The monoisotopic (exact) mass is 714 g/mol. The minimum Gasteiger partial charge on any atom is -0.872 e. The molecular weight excluding hydrogens is 689 g/mol. The van der Waals surface area contributed by atoms with Crippen molar-refractivity contribution in [2.24, 2.45) is 16.8 Å². The number of rotatable bonds is 4. The zero-order valence-electron chi connectivity index (χ0n) is 28.7. The largest absolute Gasteiger partial charge is 0.872 e. The number of nitrogens with zero attached hydrogens (tertiary/aromatic N) is 5. The minimum absolute atomic E-state index is 0.202. The average Bonchev–Trinajstić information content (AvgIpc) is 3.97. The van der Waals surface area contributed by atoms with Crippen molar-refractivity contribution in [3.05, 3.63) is 167 Å². The number of aromatic nitrogens is 6. The van der Waals surface area contributed by atoms with E-state index in [1.54, 1.807) is 25.0 Å². The number of aliphatic imine (C=N–C) groups is 1. The Morgan fingerprint density at radius 3 is 2.31 bits per heavy atom. The summed E-state index contributed by atoms with van der Waals surface area (Å²) in [6.07, 6.45) is 16.8. The summed E-state index contributed by atoms with van der Waals surface area (Å²) in [6, 6.07) is 19.7. The third kappa shape index (κ3) is 4.18. The standard InChI is InChI=1S/C43H28N10O2/c54-39-37(40(55)38(39)24-11-14-30-35-21(24)5-2-8-27(35)50-42(52-30)32-16-44-18-46-32)23-10-13-29-34-20(23)4-1-7-26(34)48-41(49-29)25-12-15-31-36-22(25)6-3-9-28(36)51-43(53-31)33-17-45-19-47-33/h1-20,23,48-49,54-55H,(H,44,46)(H,45,47)(H,50,52)/p-2. The van der Waals surface area contributed by atoms with Gasteiger partial charge < -0.3 is 36.1 Å². The first-order chi connectivity index (χ1) is 27.1. The number of hydrogen-bond donors (Lipinski definition) is 5. The lowest BCUT2D eigenvalue weighted by Gasteiger charge is -2.47. The predicted molar refractivity (Wildman–Crippen MR) is 206 cm³/mol. The molecule has 7 aromatic rings. The summed E-state index contributed by atoms with van der Waals surface area (Å²) in [6.45, 7) is 0. The lowest BCUT2D eigenvalue weighted by Crippen LogP contribution is -2.42. The minimum atomic E-state index is -0.403. The molecule has 0 bridgehead atoms. The van der Waals surface area contributed by atoms with Gasteiger partial charge in [0.15, 0.2) is 11.7 Å². The van der Waals surface area contributed by atoms with E-state index in [0.717, 1.165) is 83.3 Å². The molecule has 12 heteroatoms. The van der Waals surface area contributed by atoms with E-state index in [0.29, 0.717) is 22.8 Å². The molecule has 2 unspecified atom stereocenters. The predicted octanol–water partition coefficient (Wildman–Crippen LogP) is 4.44. The summed E-state index contributed by atoms with van der Waals surface area (Å²) in [5, 5.41) is 43.6. The summed E-state index contributed by atoms with van der Waals surface area (Å²) >= 11 is 0. The number of anilines is 1. The van der Waals surface area contributed by atoms with Crippen molar-refractivity contribution in [3.8, 4) is 11.5 Å². The van der Waals surface area contributed by atoms with Crippen molar-refractivity contribution in [2.45, 2.75) is 0 Å². The van der Waals surface area contributed by atoms with Gasteiger partial charge >= 0.3 is 0 Å². The Morgan fingerprint density at radius 2 is 1.47 bits per heavy atom. The summed E-state index contributed by atoms with van der Waals surface area (Å²) in [4.78, 5) is 28.9. The molecule has 2 aliphatic heterocycles. The van der Waals surface area contributed by atoms with Crippen LogP contribution < -0.4 is 31.4 Å². The zero-order chi connectivity index (χ0) is 36.4. The number of aromatic amines is 2. The lowest BCUT2D eigenvalue weighted by molar-refractivity contribution is -0.325. The number of amidine groups is 1. The molecule has 0 saturated heterocycles. The molecule has 0 amide bonds. The van der Waals surface area contributed by atoms with E-state index in [2.05, 4.69) is 54.1 Å². The van der Waals surface area contributed by atoms with Crippen LogP contribution in [0.3, 0.4) is 0 Å². The maximum atomic E-state index is 14.1. The highest BCUT2D eigenvalue weighted by molar-refractivity contribution is 6.20. The summed E-state index contributed by atoms with van der Waals surface area (Å²) in [5.74, 6) is 1.04. The molecular formula is C43H26N10O2-2. The Balaban J connectivity index is 0.895. The van der Waals surface area contributed by atoms with Crippen LogP contribution in [0.4, 0.5) is 11.4 Å². The number of hydrogen-bond acceptors (Lipinski definition) is 10. The highest BCUT2D eigenvalue weighted by Gasteiger charge is 2.37. The van der Waals surface area contributed by atoms with Gasteiger partial charge in [0.25, 0.3) is 0 Å². The second-order valence-corrected chi connectivity index (χ2v) is 14.0. The first-order valence-electron chi connectivity index (χ1n) is 17.9. The van der Waals surface area contributed by atoms with Gasteiger partial charge in [0, 0.05) is 50.5 Å².